The van der Waals surface area contributed by atoms with Gasteiger partial charge in [-0.05, 0) is 38.8 Å². The number of unbranched alkanes of at least 4 members (excludes halogenated alkanes) is 2. The van der Waals surface area contributed by atoms with Crippen molar-refractivity contribution in [2.24, 2.45) is 0 Å². The summed E-state index contributed by atoms with van der Waals surface area (Å²) in [6, 6.07) is 0. The molecule has 0 aliphatic rings. The van der Waals surface area contributed by atoms with Gasteiger partial charge >= 0.3 is 0 Å². The molecular weight excluding hydrogens is 200 g/mol. The van der Waals surface area contributed by atoms with Crippen molar-refractivity contribution in [3.05, 3.63) is 0 Å². The van der Waals surface area contributed by atoms with Gasteiger partial charge in [0.2, 0.25) is 5.91 Å². The smallest absolute Gasteiger partial charge is 0.219 e. The van der Waals surface area contributed by atoms with Crippen molar-refractivity contribution >= 4 is 5.91 Å². The van der Waals surface area contributed by atoms with Crippen LogP contribution in [0.4, 0.5) is 0 Å². The average Bonchev–Trinajstić information content (AvgIpc) is 2.26. The molecule has 96 valence electrons. The van der Waals surface area contributed by atoms with Gasteiger partial charge in [-0.3, -0.25) is 4.79 Å². The van der Waals surface area contributed by atoms with Crippen LogP contribution in [0.5, 0.6) is 0 Å². The summed E-state index contributed by atoms with van der Waals surface area (Å²) in [7, 11) is 0. The lowest BCUT2D eigenvalue weighted by molar-refractivity contribution is -0.129. The Bertz CT molecular complexity index is 171. The Kier molecular flexibility index (Phi) is 10.5. The Balaban J connectivity index is 3.48. The van der Waals surface area contributed by atoms with E-state index in [0.29, 0.717) is 0 Å². The summed E-state index contributed by atoms with van der Waals surface area (Å²) in [4.78, 5) is 13.3. The Morgan fingerprint density at radius 1 is 1.00 bits per heavy atom. The molecule has 1 amide bonds. The van der Waals surface area contributed by atoms with Crippen LogP contribution in [-0.4, -0.2) is 37.0 Å². The van der Waals surface area contributed by atoms with Crippen molar-refractivity contribution in [2.45, 2.75) is 52.9 Å². The van der Waals surface area contributed by atoms with Crippen LogP contribution in [0.25, 0.3) is 0 Å². The number of carbonyl (C=O) groups is 1. The molecule has 0 saturated heterocycles. The highest BCUT2D eigenvalue weighted by Crippen LogP contribution is 1.99. The molecule has 0 heterocycles. The fourth-order valence-corrected chi connectivity index (χ4v) is 1.63. The van der Waals surface area contributed by atoms with Gasteiger partial charge in [0.25, 0.3) is 0 Å². The zero-order valence-corrected chi connectivity index (χ0v) is 11.2. The van der Waals surface area contributed by atoms with E-state index in [2.05, 4.69) is 19.2 Å². The molecule has 16 heavy (non-hydrogen) atoms. The first-order chi connectivity index (χ1) is 7.72. The van der Waals surface area contributed by atoms with Gasteiger partial charge in [-0.2, -0.15) is 0 Å². The van der Waals surface area contributed by atoms with Crippen LogP contribution in [0.1, 0.15) is 52.9 Å². The van der Waals surface area contributed by atoms with Crippen LogP contribution in [0, 0.1) is 0 Å². The molecule has 0 aromatic carbocycles. The normalized spacial score (nSPS) is 10.4. The second kappa shape index (κ2) is 10.9. The van der Waals surface area contributed by atoms with E-state index in [1.165, 1.54) is 6.42 Å². The number of hydrogen-bond donors (Lipinski definition) is 1. The summed E-state index contributed by atoms with van der Waals surface area (Å²) in [6.45, 7) is 10.0. The van der Waals surface area contributed by atoms with Crippen molar-refractivity contribution in [1.29, 1.82) is 0 Å². The van der Waals surface area contributed by atoms with Crippen molar-refractivity contribution in [3.63, 3.8) is 0 Å². The fourth-order valence-electron chi connectivity index (χ4n) is 1.63. The molecule has 3 nitrogen and oxygen atoms in total. The fraction of sp³-hybridized carbons (Fsp3) is 0.923. The molecule has 0 rings (SSSR count). The summed E-state index contributed by atoms with van der Waals surface area (Å²) in [5.74, 6) is 0.218. The van der Waals surface area contributed by atoms with Gasteiger partial charge < -0.3 is 10.2 Å². The SMILES string of the molecule is CCCCN(CCCCNCCC)C(C)=O. The Hall–Kier alpha value is -0.570. The van der Waals surface area contributed by atoms with Crippen LogP contribution in [0.15, 0.2) is 0 Å². The highest BCUT2D eigenvalue weighted by atomic mass is 16.2. The van der Waals surface area contributed by atoms with Crippen LogP contribution >= 0.6 is 0 Å². The molecule has 0 radical (unpaired) electrons. The molecule has 0 bridgehead atoms. The van der Waals surface area contributed by atoms with E-state index >= 15 is 0 Å². The van der Waals surface area contributed by atoms with Gasteiger partial charge in [-0.25, -0.2) is 0 Å². The summed E-state index contributed by atoms with van der Waals surface area (Å²) < 4.78 is 0. The first-order valence-electron chi connectivity index (χ1n) is 6.68. The second-order valence-corrected chi connectivity index (χ2v) is 4.32. The average molecular weight is 228 g/mol. The first kappa shape index (κ1) is 15.4. The molecule has 0 atom stereocenters. The molecule has 3 heteroatoms. The summed E-state index contributed by atoms with van der Waals surface area (Å²) in [6.07, 6.45) is 5.74. The van der Waals surface area contributed by atoms with E-state index in [-0.39, 0.29) is 5.91 Å². The van der Waals surface area contributed by atoms with Crippen molar-refractivity contribution in [1.82, 2.24) is 10.2 Å². The predicted octanol–water partition coefficient (Wildman–Crippen LogP) is 2.41. The maximum atomic E-state index is 11.3. The van der Waals surface area contributed by atoms with Gasteiger partial charge in [-0.15, -0.1) is 0 Å². The van der Waals surface area contributed by atoms with Crippen LogP contribution in [-0.2, 0) is 4.79 Å². The van der Waals surface area contributed by atoms with Crippen molar-refractivity contribution < 1.29 is 4.79 Å². The second-order valence-electron chi connectivity index (χ2n) is 4.32. The number of hydrogen-bond acceptors (Lipinski definition) is 2. The molecule has 0 aromatic rings. The van der Waals surface area contributed by atoms with Gasteiger partial charge in [-0.1, -0.05) is 20.3 Å². The van der Waals surface area contributed by atoms with E-state index in [1.807, 2.05) is 4.90 Å². The number of carbonyl (C=O) groups excluding carboxylic acids is 1. The summed E-state index contributed by atoms with van der Waals surface area (Å²) in [5.41, 5.74) is 0. The van der Waals surface area contributed by atoms with Crippen LogP contribution < -0.4 is 5.32 Å². The number of nitrogens with zero attached hydrogens (tertiary/aromatic N) is 1. The molecule has 0 fully saturated rings. The Morgan fingerprint density at radius 3 is 2.25 bits per heavy atom. The molecular formula is C13H28N2O. The molecule has 0 aliphatic carbocycles. The van der Waals surface area contributed by atoms with Gasteiger partial charge in [0, 0.05) is 20.0 Å². The van der Waals surface area contributed by atoms with E-state index in [1.54, 1.807) is 6.92 Å². The lowest BCUT2D eigenvalue weighted by Crippen LogP contribution is -2.31. The topological polar surface area (TPSA) is 32.3 Å². The van der Waals surface area contributed by atoms with Gasteiger partial charge in [0.15, 0.2) is 0 Å². The lowest BCUT2D eigenvalue weighted by atomic mass is 10.2. The summed E-state index contributed by atoms with van der Waals surface area (Å²) >= 11 is 0. The number of amides is 1. The maximum absolute atomic E-state index is 11.3. The van der Waals surface area contributed by atoms with Gasteiger partial charge in [0.05, 0.1) is 0 Å². The number of nitrogens with one attached hydrogen (secondary N) is 1. The maximum Gasteiger partial charge on any atom is 0.219 e. The predicted molar refractivity (Wildman–Crippen MR) is 69.6 cm³/mol. The van der Waals surface area contributed by atoms with Crippen molar-refractivity contribution in [3.8, 4) is 0 Å². The molecule has 0 unspecified atom stereocenters. The standard InChI is InChI=1S/C13H28N2O/c1-4-6-11-15(13(3)16)12-8-7-10-14-9-5-2/h14H,4-12H2,1-3H3. The van der Waals surface area contributed by atoms with Crippen molar-refractivity contribution in [2.75, 3.05) is 26.2 Å². The first-order valence-corrected chi connectivity index (χ1v) is 6.68. The zero-order valence-electron chi connectivity index (χ0n) is 11.2. The number of rotatable bonds is 10. The third-order valence-corrected chi connectivity index (χ3v) is 2.69. The Morgan fingerprint density at radius 2 is 1.69 bits per heavy atom. The molecule has 0 saturated carbocycles. The molecule has 0 spiro atoms. The van der Waals surface area contributed by atoms with E-state index < -0.39 is 0 Å². The highest BCUT2D eigenvalue weighted by molar-refractivity contribution is 5.73. The van der Waals surface area contributed by atoms with E-state index in [4.69, 9.17) is 0 Å². The monoisotopic (exact) mass is 228 g/mol. The minimum atomic E-state index is 0.218. The zero-order chi connectivity index (χ0) is 12.2. The quantitative estimate of drug-likeness (QED) is 0.582. The third kappa shape index (κ3) is 8.72. The van der Waals surface area contributed by atoms with Crippen LogP contribution in [0.2, 0.25) is 0 Å². The lowest BCUT2D eigenvalue weighted by Gasteiger charge is -2.20. The van der Waals surface area contributed by atoms with Crippen LogP contribution in [0.3, 0.4) is 0 Å². The highest BCUT2D eigenvalue weighted by Gasteiger charge is 2.06. The molecule has 0 aromatic heterocycles. The summed E-state index contributed by atoms with van der Waals surface area (Å²) in [5, 5.41) is 3.38. The van der Waals surface area contributed by atoms with E-state index in [9.17, 15) is 4.79 Å². The third-order valence-electron chi connectivity index (χ3n) is 2.69. The van der Waals surface area contributed by atoms with E-state index in [0.717, 1.165) is 51.9 Å². The Labute approximate surface area is 101 Å². The largest absolute Gasteiger partial charge is 0.343 e. The minimum Gasteiger partial charge on any atom is -0.343 e. The van der Waals surface area contributed by atoms with Gasteiger partial charge in [0.1, 0.15) is 0 Å². The molecule has 1 N–H and O–H groups in total. The minimum absolute atomic E-state index is 0.218. The molecule has 0 aliphatic heterocycles.